The molecule has 2 aliphatic rings. The molecule has 1 N–H and O–H groups in total. The van der Waals surface area contributed by atoms with Gasteiger partial charge in [-0.1, -0.05) is 13.3 Å². The van der Waals surface area contributed by atoms with E-state index in [-0.39, 0.29) is 0 Å². The van der Waals surface area contributed by atoms with Gasteiger partial charge >= 0.3 is 0 Å². The normalized spacial score (nSPS) is 30.8. The number of carbonyl (C=O) groups excluding carboxylic acids is 1. The quantitative estimate of drug-likeness (QED) is 0.726. The highest BCUT2D eigenvalue weighted by atomic mass is 16.2. The van der Waals surface area contributed by atoms with Crippen molar-refractivity contribution in [1.82, 2.24) is 10.2 Å². The van der Waals surface area contributed by atoms with Gasteiger partial charge in [-0.15, -0.1) is 0 Å². The first-order chi connectivity index (χ1) is 6.81. The Morgan fingerprint density at radius 3 is 2.57 bits per heavy atom. The Bertz CT molecular complexity index is 205. The van der Waals surface area contributed by atoms with Crippen LogP contribution >= 0.6 is 0 Å². The van der Waals surface area contributed by atoms with Crippen LogP contribution in [0.15, 0.2) is 0 Å². The second-order valence-electron chi connectivity index (χ2n) is 4.53. The summed E-state index contributed by atoms with van der Waals surface area (Å²) in [7, 11) is 0. The average Bonchev–Trinajstić information content (AvgIpc) is 2.72. The fourth-order valence-corrected chi connectivity index (χ4v) is 2.78. The van der Waals surface area contributed by atoms with Crippen LogP contribution in [0.5, 0.6) is 0 Å². The average molecular weight is 196 g/mol. The molecule has 1 saturated heterocycles. The van der Waals surface area contributed by atoms with Crippen molar-refractivity contribution in [2.45, 2.75) is 26.2 Å². The topological polar surface area (TPSA) is 32.3 Å². The fourth-order valence-electron chi connectivity index (χ4n) is 2.78. The molecule has 3 nitrogen and oxygen atoms in total. The van der Waals surface area contributed by atoms with Gasteiger partial charge in [0.2, 0.25) is 5.91 Å². The highest BCUT2D eigenvalue weighted by Crippen LogP contribution is 2.37. The second kappa shape index (κ2) is 4.30. The standard InChI is InChI=1S/C11H20N2O/c1-2-12-6-11(14)13-7-9-4-3-5-10(9)8-13/h9-10,12H,2-8H2,1H3. The maximum atomic E-state index is 11.7. The number of amides is 1. The van der Waals surface area contributed by atoms with Crippen LogP contribution in [0.4, 0.5) is 0 Å². The Balaban J connectivity index is 1.80. The van der Waals surface area contributed by atoms with Gasteiger partial charge in [-0.25, -0.2) is 0 Å². The zero-order valence-electron chi connectivity index (χ0n) is 8.96. The molecule has 2 rings (SSSR count). The van der Waals surface area contributed by atoms with Gasteiger partial charge in [0.15, 0.2) is 0 Å². The van der Waals surface area contributed by atoms with Crippen molar-refractivity contribution in [3.63, 3.8) is 0 Å². The van der Waals surface area contributed by atoms with Gasteiger partial charge in [0.05, 0.1) is 6.54 Å². The molecule has 0 spiro atoms. The van der Waals surface area contributed by atoms with Crippen LogP contribution in [0.2, 0.25) is 0 Å². The van der Waals surface area contributed by atoms with Crippen LogP contribution in [0.3, 0.4) is 0 Å². The molecule has 0 radical (unpaired) electrons. The predicted octanol–water partition coefficient (Wildman–Crippen LogP) is 0.854. The van der Waals surface area contributed by atoms with E-state index >= 15 is 0 Å². The molecule has 1 aliphatic carbocycles. The monoisotopic (exact) mass is 196 g/mol. The Morgan fingerprint density at radius 1 is 1.36 bits per heavy atom. The van der Waals surface area contributed by atoms with Crippen molar-refractivity contribution in [2.75, 3.05) is 26.2 Å². The Morgan fingerprint density at radius 2 is 2.00 bits per heavy atom. The maximum absolute atomic E-state index is 11.7. The van der Waals surface area contributed by atoms with E-state index in [0.29, 0.717) is 12.5 Å². The first-order valence-corrected chi connectivity index (χ1v) is 5.79. The number of hydrogen-bond donors (Lipinski definition) is 1. The number of hydrogen-bond acceptors (Lipinski definition) is 2. The second-order valence-corrected chi connectivity index (χ2v) is 4.53. The van der Waals surface area contributed by atoms with Crippen molar-refractivity contribution >= 4 is 5.91 Å². The first-order valence-electron chi connectivity index (χ1n) is 5.79. The first kappa shape index (κ1) is 9.97. The molecule has 2 atom stereocenters. The lowest BCUT2D eigenvalue weighted by atomic mass is 10.0. The molecule has 2 unspecified atom stereocenters. The van der Waals surface area contributed by atoms with E-state index < -0.39 is 0 Å². The molecular weight excluding hydrogens is 176 g/mol. The summed E-state index contributed by atoms with van der Waals surface area (Å²) >= 11 is 0. The van der Waals surface area contributed by atoms with Crippen LogP contribution in [0.25, 0.3) is 0 Å². The van der Waals surface area contributed by atoms with Crippen LogP contribution in [0, 0.1) is 11.8 Å². The molecule has 0 aromatic carbocycles. The minimum absolute atomic E-state index is 0.293. The summed E-state index contributed by atoms with van der Waals surface area (Å²) in [6.45, 7) is 5.48. The Labute approximate surface area is 85.8 Å². The molecule has 1 aliphatic heterocycles. The summed E-state index contributed by atoms with van der Waals surface area (Å²) < 4.78 is 0. The van der Waals surface area contributed by atoms with E-state index in [4.69, 9.17) is 0 Å². The summed E-state index contributed by atoms with van der Waals surface area (Å²) in [4.78, 5) is 13.8. The zero-order chi connectivity index (χ0) is 9.97. The third-order valence-corrected chi connectivity index (χ3v) is 3.61. The van der Waals surface area contributed by atoms with Crippen molar-refractivity contribution in [3.05, 3.63) is 0 Å². The largest absolute Gasteiger partial charge is 0.341 e. The maximum Gasteiger partial charge on any atom is 0.236 e. The predicted molar refractivity (Wildman–Crippen MR) is 56.0 cm³/mol. The number of nitrogens with one attached hydrogen (secondary N) is 1. The van der Waals surface area contributed by atoms with Gasteiger partial charge in [0, 0.05) is 13.1 Å². The lowest BCUT2D eigenvalue weighted by molar-refractivity contribution is -0.129. The lowest BCUT2D eigenvalue weighted by Gasteiger charge is -2.17. The van der Waals surface area contributed by atoms with Gasteiger partial charge in [-0.05, 0) is 31.2 Å². The molecule has 1 amide bonds. The van der Waals surface area contributed by atoms with E-state index in [2.05, 4.69) is 10.2 Å². The zero-order valence-corrected chi connectivity index (χ0v) is 8.96. The van der Waals surface area contributed by atoms with Crippen LogP contribution in [0.1, 0.15) is 26.2 Å². The molecule has 2 fully saturated rings. The van der Waals surface area contributed by atoms with Gasteiger partial charge in [-0.3, -0.25) is 4.79 Å². The Hall–Kier alpha value is -0.570. The summed E-state index contributed by atoms with van der Waals surface area (Å²) in [5, 5.41) is 3.10. The SMILES string of the molecule is CCNCC(=O)N1CC2CCCC2C1. The molecule has 0 bridgehead atoms. The summed E-state index contributed by atoms with van der Waals surface area (Å²) in [6, 6.07) is 0. The molecular formula is C11H20N2O. The van der Waals surface area contributed by atoms with E-state index in [0.717, 1.165) is 31.5 Å². The number of rotatable bonds is 3. The van der Waals surface area contributed by atoms with Gasteiger partial charge in [0.1, 0.15) is 0 Å². The molecule has 0 aromatic rings. The third kappa shape index (κ3) is 1.92. The van der Waals surface area contributed by atoms with Gasteiger partial charge in [-0.2, -0.15) is 0 Å². The van der Waals surface area contributed by atoms with Crippen molar-refractivity contribution in [2.24, 2.45) is 11.8 Å². The van der Waals surface area contributed by atoms with Crippen molar-refractivity contribution in [1.29, 1.82) is 0 Å². The minimum Gasteiger partial charge on any atom is -0.341 e. The van der Waals surface area contributed by atoms with Crippen LogP contribution in [-0.2, 0) is 4.79 Å². The lowest BCUT2D eigenvalue weighted by Crippen LogP contribution is -2.37. The van der Waals surface area contributed by atoms with E-state index in [1.807, 2.05) is 6.92 Å². The molecule has 3 heteroatoms. The van der Waals surface area contributed by atoms with Gasteiger partial charge in [0.25, 0.3) is 0 Å². The Kier molecular flexibility index (Phi) is 3.06. The number of nitrogens with zero attached hydrogens (tertiary/aromatic N) is 1. The van der Waals surface area contributed by atoms with Crippen molar-refractivity contribution in [3.8, 4) is 0 Å². The summed E-state index contributed by atoms with van der Waals surface area (Å²) in [5.41, 5.74) is 0. The minimum atomic E-state index is 0.293. The van der Waals surface area contributed by atoms with E-state index in [1.54, 1.807) is 0 Å². The molecule has 80 valence electrons. The van der Waals surface area contributed by atoms with Crippen LogP contribution in [-0.4, -0.2) is 37.0 Å². The smallest absolute Gasteiger partial charge is 0.236 e. The third-order valence-electron chi connectivity index (χ3n) is 3.61. The molecule has 0 aromatic heterocycles. The number of fused-ring (bicyclic) bond motifs is 1. The van der Waals surface area contributed by atoms with E-state index in [9.17, 15) is 4.79 Å². The number of carbonyl (C=O) groups is 1. The van der Waals surface area contributed by atoms with Crippen LogP contribution < -0.4 is 5.32 Å². The fraction of sp³-hybridized carbons (Fsp3) is 0.909. The highest BCUT2D eigenvalue weighted by Gasteiger charge is 2.37. The number of likely N-dealkylation sites (tertiary alicyclic amines) is 1. The van der Waals surface area contributed by atoms with E-state index in [1.165, 1.54) is 19.3 Å². The summed E-state index contributed by atoms with van der Waals surface area (Å²) in [6.07, 6.45) is 4.07. The molecule has 1 heterocycles. The summed E-state index contributed by atoms with van der Waals surface area (Å²) in [5.74, 6) is 1.93. The molecule has 1 saturated carbocycles. The van der Waals surface area contributed by atoms with Gasteiger partial charge < -0.3 is 10.2 Å². The number of likely N-dealkylation sites (N-methyl/N-ethyl adjacent to an activating group) is 1. The highest BCUT2D eigenvalue weighted by molar-refractivity contribution is 5.78. The molecule has 14 heavy (non-hydrogen) atoms. The van der Waals surface area contributed by atoms with Crippen molar-refractivity contribution < 1.29 is 4.79 Å².